The summed E-state index contributed by atoms with van der Waals surface area (Å²) in [7, 11) is 0. The Morgan fingerprint density at radius 3 is 2.65 bits per heavy atom. The first-order valence-electron chi connectivity index (χ1n) is 8.83. The second-order valence-corrected chi connectivity index (χ2v) is 6.89. The first-order chi connectivity index (χ1) is 12.4. The third-order valence-corrected chi connectivity index (χ3v) is 5.05. The van der Waals surface area contributed by atoms with Gasteiger partial charge in [0.15, 0.2) is 0 Å². The second kappa shape index (κ2) is 7.29. The molecule has 2 atom stereocenters. The Labute approximate surface area is 151 Å². The van der Waals surface area contributed by atoms with Crippen molar-refractivity contribution in [2.45, 2.75) is 51.6 Å². The molecule has 1 aromatic carbocycles. The molecule has 1 aromatic heterocycles. The van der Waals surface area contributed by atoms with Gasteiger partial charge in [-0.15, -0.1) is 0 Å². The normalized spacial score (nSPS) is 20.6. The van der Waals surface area contributed by atoms with E-state index in [9.17, 15) is 14.7 Å². The van der Waals surface area contributed by atoms with Crippen LogP contribution in [0, 0.1) is 13.8 Å². The van der Waals surface area contributed by atoms with Crippen molar-refractivity contribution in [1.29, 1.82) is 0 Å². The van der Waals surface area contributed by atoms with Gasteiger partial charge in [0.05, 0.1) is 11.7 Å². The van der Waals surface area contributed by atoms with Gasteiger partial charge < -0.3 is 10.8 Å². The van der Waals surface area contributed by atoms with E-state index in [4.69, 9.17) is 5.73 Å². The van der Waals surface area contributed by atoms with Crippen LogP contribution in [0.3, 0.4) is 0 Å². The zero-order valence-electron chi connectivity index (χ0n) is 15.0. The van der Waals surface area contributed by atoms with Crippen molar-refractivity contribution in [3.8, 4) is 11.6 Å². The molecule has 0 amide bonds. The summed E-state index contributed by atoms with van der Waals surface area (Å²) in [5.41, 5.74) is 7.20. The maximum Gasteiger partial charge on any atom is 0.335 e. The molecule has 7 nitrogen and oxygen atoms in total. The van der Waals surface area contributed by atoms with Crippen molar-refractivity contribution in [3.05, 3.63) is 55.7 Å². The van der Waals surface area contributed by atoms with Crippen LogP contribution in [-0.2, 0) is 0 Å². The van der Waals surface area contributed by atoms with Crippen molar-refractivity contribution in [2.75, 3.05) is 0 Å². The number of rotatable bonds is 3. The first-order valence-corrected chi connectivity index (χ1v) is 8.83. The van der Waals surface area contributed by atoms with Gasteiger partial charge >= 0.3 is 5.69 Å². The molecule has 0 saturated heterocycles. The monoisotopic (exact) mass is 356 g/mol. The van der Waals surface area contributed by atoms with Crippen LogP contribution in [0.5, 0.6) is 5.88 Å². The van der Waals surface area contributed by atoms with Gasteiger partial charge in [-0.25, -0.2) is 9.36 Å². The molecule has 0 spiro atoms. The Morgan fingerprint density at radius 1 is 1.23 bits per heavy atom. The number of aliphatic imine (C=N–C) groups is 1. The lowest BCUT2D eigenvalue weighted by Gasteiger charge is -2.24. The average molecular weight is 356 g/mol. The minimum atomic E-state index is -0.692. The Hall–Kier alpha value is -2.67. The number of nitrogens with zero attached hydrogens (tertiary/aromatic N) is 2. The number of aromatic nitrogens is 2. The van der Waals surface area contributed by atoms with Gasteiger partial charge in [0, 0.05) is 12.3 Å². The zero-order chi connectivity index (χ0) is 18.8. The number of aryl methyl sites for hydroxylation is 2. The van der Waals surface area contributed by atoms with Crippen LogP contribution in [0.1, 0.15) is 42.4 Å². The van der Waals surface area contributed by atoms with Gasteiger partial charge in [0.2, 0.25) is 5.88 Å². The quantitative estimate of drug-likeness (QED) is 0.724. The summed E-state index contributed by atoms with van der Waals surface area (Å²) in [5, 5.41) is 10.6. The SMILES string of the molecule is Cc1ccc(-n2c(O)c(C=N[C@H]3CCCC[C@@H]3N)c(=O)[nH]c2=O)cc1C. The van der Waals surface area contributed by atoms with Crippen molar-refractivity contribution in [1.82, 2.24) is 9.55 Å². The third-order valence-electron chi connectivity index (χ3n) is 5.05. The fraction of sp³-hybridized carbons (Fsp3) is 0.421. The maximum absolute atomic E-state index is 12.3. The van der Waals surface area contributed by atoms with E-state index in [1.807, 2.05) is 19.9 Å². The molecule has 1 aliphatic carbocycles. The van der Waals surface area contributed by atoms with Gasteiger partial charge in [-0.1, -0.05) is 18.9 Å². The van der Waals surface area contributed by atoms with Crippen molar-refractivity contribution in [2.24, 2.45) is 10.7 Å². The average Bonchev–Trinajstić information content (AvgIpc) is 2.59. The second-order valence-electron chi connectivity index (χ2n) is 6.89. The number of nitrogens with one attached hydrogen (secondary N) is 1. The Bertz CT molecular complexity index is 958. The lowest BCUT2D eigenvalue weighted by molar-refractivity contribution is 0.387. The highest BCUT2D eigenvalue weighted by molar-refractivity contribution is 5.82. The molecule has 138 valence electrons. The third kappa shape index (κ3) is 3.48. The van der Waals surface area contributed by atoms with Crippen LogP contribution in [0.25, 0.3) is 5.69 Å². The number of nitrogens with two attached hydrogens (primary N) is 1. The maximum atomic E-state index is 12.3. The minimum Gasteiger partial charge on any atom is -0.493 e. The molecule has 0 unspecified atom stereocenters. The summed E-state index contributed by atoms with van der Waals surface area (Å²) in [6.45, 7) is 3.87. The van der Waals surface area contributed by atoms with E-state index in [2.05, 4.69) is 9.98 Å². The summed E-state index contributed by atoms with van der Waals surface area (Å²) in [6.07, 6.45) is 5.21. The van der Waals surface area contributed by atoms with E-state index in [0.29, 0.717) is 5.69 Å². The molecular formula is C19H24N4O3. The molecule has 0 radical (unpaired) electrons. The molecule has 3 rings (SSSR count). The fourth-order valence-electron chi connectivity index (χ4n) is 3.25. The molecule has 1 fully saturated rings. The summed E-state index contributed by atoms with van der Waals surface area (Å²) in [6, 6.07) is 5.24. The minimum absolute atomic E-state index is 0.0411. The number of aromatic amines is 1. The molecule has 1 saturated carbocycles. The zero-order valence-corrected chi connectivity index (χ0v) is 15.0. The molecule has 0 aliphatic heterocycles. The van der Waals surface area contributed by atoms with Gasteiger partial charge in [0.1, 0.15) is 5.56 Å². The lowest BCUT2D eigenvalue weighted by atomic mass is 9.91. The molecule has 1 aliphatic rings. The Morgan fingerprint density at radius 2 is 1.96 bits per heavy atom. The molecular weight excluding hydrogens is 332 g/mol. The van der Waals surface area contributed by atoms with Gasteiger partial charge in [-0.05, 0) is 49.9 Å². The van der Waals surface area contributed by atoms with E-state index in [-0.39, 0.29) is 17.6 Å². The first kappa shape index (κ1) is 18.1. The van der Waals surface area contributed by atoms with Gasteiger partial charge in [-0.3, -0.25) is 14.8 Å². The van der Waals surface area contributed by atoms with Gasteiger partial charge in [0.25, 0.3) is 5.56 Å². The molecule has 26 heavy (non-hydrogen) atoms. The summed E-state index contributed by atoms with van der Waals surface area (Å²) >= 11 is 0. The summed E-state index contributed by atoms with van der Waals surface area (Å²) < 4.78 is 1.08. The number of benzene rings is 1. The van der Waals surface area contributed by atoms with E-state index in [0.717, 1.165) is 41.4 Å². The topological polar surface area (TPSA) is 113 Å². The Balaban J connectivity index is 2.05. The molecule has 2 aromatic rings. The van der Waals surface area contributed by atoms with Crippen molar-refractivity contribution in [3.63, 3.8) is 0 Å². The van der Waals surface area contributed by atoms with Crippen LogP contribution in [0.4, 0.5) is 0 Å². The van der Waals surface area contributed by atoms with Crippen molar-refractivity contribution >= 4 is 6.21 Å². The van der Waals surface area contributed by atoms with Crippen LogP contribution in [0.2, 0.25) is 0 Å². The van der Waals surface area contributed by atoms with E-state index < -0.39 is 17.1 Å². The molecule has 1 heterocycles. The van der Waals surface area contributed by atoms with Gasteiger partial charge in [-0.2, -0.15) is 0 Å². The fourth-order valence-corrected chi connectivity index (χ4v) is 3.25. The number of hydrogen-bond acceptors (Lipinski definition) is 5. The van der Waals surface area contributed by atoms with Crippen LogP contribution in [-0.4, -0.2) is 33.0 Å². The van der Waals surface area contributed by atoms with Crippen LogP contribution >= 0.6 is 0 Å². The highest BCUT2D eigenvalue weighted by Gasteiger charge is 2.21. The summed E-state index contributed by atoms with van der Waals surface area (Å²) in [4.78, 5) is 31.1. The van der Waals surface area contributed by atoms with E-state index in [1.54, 1.807) is 12.1 Å². The van der Waals surface area contributed by atoms with Crippen LogP contribution < -0.4 is 17.0 Å². The Kier molecular flexibility index (Phi) is 5.08. The number of H-pyrrole nitrogens is 1. The van der Waals surface area contributed by atoms with E-state index >= 15 is 0 Å². The number of hydrogen-bond donors (Lipinski definition) is 3. The van der Waals surface area contributed by atoms with Crippen LogP contribution in [0.15, 0.2) is 32.8 Å². The standard InChI is InChI=1S/C19H24N4O3/c1-11-7-8-13(9-12(11)2)23-18(25)14(17(24)22-19(23)26)10-21-16-6-4-3-5-15(16)20/h7-10,15-16,25H,3-6,20H2,1-2H3,(H,22,24,26)/t15-,16-/m0/s1. The smallest absolute Gasteiger partial charge is 0.335 e. The summed E-state index contributed by atoms with van der Waals surface area (Å²) in [5.74, 6) is -0.421. The lowest BCUT2D eigenvalue weighted by Crippen LogP contribution is -2.36. The molecule has 4 N–H and O–H groups in total. The van der Waals surface area contributed by atoms with Crippen molar-refractivity contribution < 1.29 is 5.11 Å². The predicted molar refractivity (Wildman–Crippen MR) is 102 cm³/mol. The predicted octanol–water partition coefficient (Wildman–Crippen LogP) is 1.54. The largest absolute Gasteiger partial charge is 0.493 e. The highest BCUT2D eigenvalue weighted by Crippen LogP contribution is 2.21. The molecule has 7 heteroatoms. The highest BCUT2D eigenvalue weighted by atomic mass is 16.3. The molecule has 0 bridgehead atoms. The number of aromatic hydroxyl groups is 1. The van der Waals surface area contributed by atoms with E-state index in [1.165, 1.54) is 6.21 Å².